The molecule has 0 heterocycles. The summed E-state index contributed by atoms with van der Waals surface area (Å²) in [6.07, 6.45) is 0. The Morgan fingerprint density at radius 1 is 1.53 bits per heavy atom. The average molecular weight is 256 g/mol. The van der Waals surface area contributed by atoms with Crippen molar-refractivity contribution in [3.8, 4) is 0 Å². The maximum atomic E-state index is 12.9. The van der Waals surface area contributed by atoms with Crippen LogP contribution in [0.2, 0.25) is 0 Å². The summed E-state index contributed by atoms with van der Waals surface area (Å²) in [5.41, 5.74) is 5.98. The molecule has 0 bridgehead atoms. The summed E-state index contributed by atoms with van der Waals surface area (Å²) in [5, 5.41) is 2.63. The van der Waals surface area contributed by atoms with Crippen LogP contribution in [0.3, 0.4) is 0 Å². The maximum Gasteiger partial charge on any atom is 0.234 e. The average Bonchev–Trinajstić information content (AvgIpc) is 2.15. The minimum absolute atomic E-state index is 0.148. The predicted molar refractivity (Wildman–Crippen MR) is 70.6 cm³/mol. The third kappa shape index (κ3) is 6.28. The summed E-state index contributed by atoms with van der Waals surface area (Å²) in [7, 11) is 0. The van der Waals surface area contributed by atoms with E-state index in [0.29, 0.717) is 17.2 Å². The standard InChI is InChI=1S/C12H17FN2OS/c1-12(2,14)8-17-7-11(16)15-10-5-3-4-9(13)6-10/h3-6H,7-8,14H2,1-2H3,(H,15,16). The van der Waals surface area contributed by atoms with E-state index in [4.69, 9.17) is 5.73 Å². The second-order valence-corrected chi connectivity index (χ2v) is 5.53. The number of anilines is 1. The minimum Gasteiger partial charge on any atom is -0.325 e. The second-order valence-electron chi connectivity index (χ2n) is 4.54. The number of hydrogen-bond acceptors (Lipinski definition) is 3. The molecule has 0 aromatic heterocycles. The molecular formula is C12H17FN2OS. The van der Waals surface area contributed by atoms with E-state index in [9.17, 15) is 9.18 Å². The molecule has 0 aliphatic rings. The first-order valence-corrected chi connectivity index (χ1v) is 6.44. The van der Waals surface area contributed by atoms with E-state index in [1.54, 1.807) is 12.1 Å². The van der Waals surface area contributed by atoms with Gasteiger partial charge >= 0.3 is 0 Å². The lowest BCUT2D eigenvalue weighted by Crippen LogP contribution is -2.35. The van der Waals surface area contributed by atoms with Crippen LogP contribution in [0.5, 0.6) is 0 Å². The highest BCUT2D eigenvalue weighted by Crippen LogP contribution is 2.12. The summed E-state index contributed by atoms with van der Waals surface area (Å²) in [6, 6.07) is 5.83. The normalized spacial score (nSPS) is 11.3. The van der Waals surface area contributed by atoms with Crippen LogP contribution < -0.4 is 11.1 Å². The fourth-order valence-electron chi connectivity index (χ4n) is 1.17. The Labute approximate surface area is 105 Å². The van der Waals surface area contributed by atoms with Gasteiger partial charge < -0.3 is 11.1 Å². The number of halogens is 1. The number of amides is 1. The molecule has 0 saturated heterocycles. The van der Waals surface area contributed by atoms with E-state index in [-0.39, 0.29) is 17.3 Å². The third-order valence-electron chi connectivity index (χ3n) is 1.82. The monoisotopic (exact) mass is 256 g/mol. The van der Waals surface area contributed by atoms with Gasteiger partial charge in [0, 0.05) is 17.0 Å². The smallest absolute Gasteiger partial charge is 0.234 e. The van der Waals surface area contributed by atoms with E-state index >= 15 is 0 Å². The molecule has 3 N–H and O–H groups in total. The molecule has 0 radical (unpaired) electrons. The Balaban J connectivity index is 2.35. The number of benzene rings is 1. The van der Waals surface area contributed by atoms with Gasteiger partial charge in [0.15, 0.2) is 0 Å². The number of carbonyl (C=O) groups is 1. The Morgan fingerprint density at radius 2 is 2.24 bits per heavy atom. The lowest BCUT2D eigenvalue weighted by Gasteiger charge is -2.17. The van der Waals surface area contributed by atoms with Crippen molar-refractivity contribution < 1.29 is 9.18 Å². The SMILES string of the molecule is CC(C)(N)CSCC(=O)Nc1cccc(F)c1. The van der Waals surface area contributed by atoms with Crippen LogP contribution in [0.15, 0.2) is 24.3 Å². The largest absolute Gasteiger partial charge is 0.325 e. The first-order valence-electron chi connectivity index (χ1n) is 5.29. The zero-order valence-corrected chi connectivity index (χ0v) is 10.8. The third-order valence-corrected chi connectivity index (χ3v) is 3.23. The first-order chi connectivity index (χ1) is 7.87. The molecule has 0 spiro atoms. The van der Waals surface area contributed by atoms with E-state index < -0.39 is 0 Å². The Hall–Kier alpha value is -1.07. The summed E-state index contributed by atoms with van der Waals surface area (Å²) in [6.45, 7) is 3.81. The molecule has 3 nitrogen and oxygen atoms in total. The molecule has 1 aromatic rings. The van der Waals surface area contributed by atoms with Crippen LogP contribution in [0, 0.1) is 5.82 Å². The lowest BCUT2D eigenvalue weighted by molar-refractivity contribution is -0.113. The maximum absolute atomic E-state index is 12.9. The molecule has 0 fully saturated rings. The summed E-state index contributed by atoms with van der Waals surface area (Å²) >= 11 is 1.46. The van der Waals surface area contributed by atoms with Gasteiger partial charge in [-0.1, -0.05) is 6.07 Å². The second kappa shape index (κ2) is 6.02. The van der Waals surface area contributed by atoms with E-state index in [2.05, 4.69) is 5.32 Å². The van der Waals surface area contributed by atoms with Gasteiger partial charge in [0.1, 0.15) is 5.82 Å². The molecule has 0 aliphatic heterocycles. The molecule has 0 saturated carbocycles. The van der Waals surface area contributed by atoms with Crippen molar-refractivity contribution in [3.05, 3.63) is 30.1 Å². The van der Waals surface area contributed by atoms with Gasteiger partial charge in [0.05, 0.1) is 5.75 Å². The van der Waals surface area contributed by atoms with Crippen molar-refractivity contribution in [1.29, 1.82) is 0 Å². The van der Waals surface area contributed by atoms with Crippen molar-refractivity contribution in [2.45, 2.75) is 19.4 Å². The van der Waals surface area contributed by atoms with Crippen molar-refractivity contribution in [1.82, 2.24) is 0 Å². The van der Waals surface area contributed by atoms with Gasteiger partial charge in [-0.25, -0.2) is 4.39 Å². The van der Waals surface area contributed by atoms with Gasteiger partial charge in [-0.2, -0.15) is 11.8 Å². The highest BCUT2D eigenvalue weighted by Gasteiger charge is 2.11. The fraction of sp³-hybridized carbons (Fsp3) is 0.417. The zero-order chi connectivity index (χ0) is 12.9. The molecule has 94 valence electrons. The number of carbonyl (C=O) groups excluding carboxylic acids is 1. The van der Waals surface area contributed by atoms with E-state index in [0.717, 1.165) is 0 Å². The van der Waals surface area contributed by atoms with Crippen LogP contribution in [-0.2, 0) is 4.79 Å². The minimum atomic E-state index is -0.362. The topological polar surface area (TPSA) is 55.1 Å². The highest BCUT2D eigenvalue weighted by molar-refractivity contribution is 8.00. The van der Waals surface area contributed by atoms with Crippen molar-refractivity contribution >= 4 is 23.4 Å². The van der Waals surface area contributed by atoms with Crippen LogP contribution in [0.25, 0.3) is 0 Å². The van der Waals surface area contributed by atoms with Crippen LogP contribution in [0.4, 0.5) is 10.1 Å². The van der Waals surface area contributed by atoms with Crippen LogP contribution >= 0.6 is 11.8 Å². The number of hydrogen-bond donors (Lipinski definition) is 2. The molecule has 1 amide bonds. The van der Waals surface area contributed by atoms with Gasteiger partial charge in [0.25, 0.3) is 0 Å². The molecule has 0 unspecified atom stereocenters. The fourth-order valence-corrected chi connectivity index (χ4v) is 2.06. The zero-order valence-electron chi connectivity index (χ0n) is 10.00. The highest BCUT2D eigenvalue weighted by atomic mass is 32.2. The van der Waals surface area contributed by atoms with E-state index in [1.807, 2.05) is 13.8 Å². The number of nitrogens with one attached hydrogen (secondary N) is 1. The van der Waals surface area contributed by atoms with Crippen molar-refractivity contribution in [2.24, 2.45) is 5.73 Å². The summed E-state index contributed by atoms with van der Waals surface area (Å²) < 4.78 is 12.9. The quantitative estimate of drug-likeness (QED) is 0.849. The lowest BCUT2D eigenvalue weighted by atomic mass is 10.1. The molecule has 17 heavy (non-hydrogen) atoms. The number of rotatable bonds is 5. The summed E-state index contributed by atoms with van der Waals surface area (Å²) in [4.78, 5) is 11.5. The molecule has 5 heteroatoms. The van der Waals surface area contributed by atoms with Crippen molar-refractivity contribution in [3.63, 3.8) is 0 Å². The van der Waals surface area contributed by atoms with Crippen LogP contribution in [0.1, 0.15) is 13.8 Å². The molecule has 0 aliphatic carbocycles. The Bertz CT molecular complexity index is 390. The molecule has 1 aromatic carbocycles. The molecular weight excluding hydrogens is 239 g/mol. The summed E-state index contributed by atoms with van der Waals surface area (Å²) in [5.74, 6) is 0.504. The van der Waals surface area contributed by atoms with Gasteiger partial charge in [-0.15, -0.1) is 0 Å². The number of nitrogens with two attached hydrogens (primary N) is 1. The Morgan fingerprint density at radius 3 is 2.82 bits per heavy atom. The van der Waals surface area contributed by atoms with Gasteiger partial charge in [-0.05, 0) is 32.0 Å². The molecule has 0 atom stereocenters. The van der Waals surface area contributed by atoms with Gasteiger partial charge in [0.2, 0.25) is 5.91 Å². The number of thioether (sulfide) groups is 1. The molecule has 1 rings (SSSR count). The first kappa shape index (κ1) is 14.0. The predicted octanol–water partition coefficient (Wildman–Crippen LogP) is 2.23. The van der Waals surface area contributed by atoms with Gasteiger partial charge in [-0.3, -0.25) is 4.79 Å². The van der Waals surface area contributed by atoms with Crippen LogP contribution in [-0.4, -0.2) is 23.0 Å². The Kier molecular flexibility index (Phi) is 4.96. The van der Waals surface area contributed by atoms with Crippen molar-refractivity contribution in [2.75, 3.05) is 16.8 Å². The van der Waals surface area contributed by atoms with E-state index in [1.165, 1.54) is 23.9 Å².